The van der Waals surface area contributed by atoms with Gasteiger partial charge in [-0.25, -0.2) is 4.98 Å². The summed E-state index contributed by atoms with van der Waals surface area (Å²) in [6.07, 6.45) is 3.11. The molecule has 74 valence electrons. The molecule has 0 spiro atoms. The molecule has 2 aromatic heterocycles. The molecule has 0 bridgehead atoms. The van der Waals surface area contributed by atoms with Gasteiger partial charge in [-0.05, 0) is 22.0 Å². The summed E-state index contributed by atoms with van der Waals surface area (Å²) in [5.74, 6) is -0.156. The summed E-state index contributed by atoms with van der Waals surface area (Å²) < 4.78 is 2.16. The highest BCUT2D eigenvalue weighted by Crippen LogP contribution is 2.22. The lowest BCUT2D eigenvalue weighted by Gasteiger charge is -1.97. The van der Waals surface area contributed by atoms with Crippen LogP contribution in [0.1, 0.15) is 17.3 Å². The number of fused-ring (bicyclic) bond motifs is 1. The van der Waals surface area contributed by atoms with E-state index in [9.17, 15) is 4.79 Å². The number of hydrogen-bond donors (Lipinski definition) is 0. The molecule has 0 N–H and O–H groups in total. The van der Waals surface area contributed by atoms with Crippen LogP contribution < -0.4 is 0 Å². The molecule has 0 amide bonds. The van der Waals surface area contributed by atoms with Crippen LogP contribution in [-0.2, 0) is 0 Å². The number of hydrogen-bond acceptors (Lipinski definition) is 3. The molecule has 0 fully saturated rings. The zero-order valence-corrected chi connectivity index (χ0v) is 9.45. The van der Waals surface area contributed by atoms with Gasteiger partial charge in [0, 0.05) is 29.2 Å². The minimum Gasteiger partial charge on any atom is -0.274 e. The van der Waals surface area contributed by atoms with E-state index in [2.05, 4.69) is 20.9 Å². The Morgan fingerprint density at radius 2 is 2.40 bits per heavy atom. The van der Waals surface area contributed by atoms with Gasteiger partial charge in [0.05, 0.1) is 5.56 Å². The zero-order valence-electron chi connectivity index (χ0n) is 7.86. The molecule has 2 heterocycles. The first-order valence-electron chi connectivity index (χ1n) is 4.21. The fraction of sp³-hybridized carbons (Fsp3) is 0.100. The van der Waals surface area contributed by atoms with Crippen molar-refractivity contribution < 1.29 is 4.79 Å². The minimum atomic E-state index is -0.156. The van der Waals surface area contributed by atoms with Gasteiger partial charge in [-0.1, -0.05) is 0 Å². The maximum absolute atomic E-state index is 11.3. The maximum atomic E-state index is 11.3. The van der Waals surface area contributed by atoms with Crippen molar-refractivity contribution in [2.45, 2.75) is 6.92 Å². The number of pyridine rings is 1. The number of halogens is 1. The molecule has 2 rings (SSSR count). The second kappa shape index (κ2) is 3.48. The first-order chi connectivity index (χ1) is 7.13. The van der Waals surface area contributed by atoms with Crippen LogP contribution in [0.2, 0.25) is 0 Å². The normalized spacial score (nSPS) is 10.2. The van der Waals surface area contributed by atoms with Gasteiger partial charge in [-0.2, -0.15) is 5.26 Å². The average molecular weight is 264 g/mol. The van der Waals surface area contributed by atoms with Crippen molar-refractivity contribution in [1.29, 1.82) is 5.26 Å². The molecule has 15 heavy (non-hydrogen) atoms. The first kappa shape index (κ1) is 9.87. The van der Waals surface area contributed by atoms with Crippen molar-refractivity contribution in [3.8, 4) is 6.07 Å². The molecule has 4 nitrogen and oxygen atoms in total. The highest BCUT2D eigenvalue weighted by Gasteiger charge is 2.11. The molecule has 0 aliphatic rings. The Balaban J connectivity index is 2.88. The lowest BCUT2D eigenvalue weighted by atomic mass is 10.2. The molecule has 0 unspecified atom stereocenters. The molecule has 2 aromatic rings. The van der Waals surface area contributed by atoms with Crippen LogP contribution in [0.15, 0.2) is 22.9 Å². The van der Waals surface area contributed by atoms with E-state index >= 15 is 0 Å². The Kier molecular flexibility index (Phi) is 2.29. The Morgan fingerprint density at radius 3 is 3.00 bits per heavy atom. The Morgan fingerprint density at radius 1 is 1.67 bits per heavy atom. The SMILES string of the molecule is CC(=O)n1cc(C#N)c2cc(Br)cnc21. The second-order valence-corrected chi connectivity index (χ2v) is 3.98. The zero-order chi connectivity index (χ0) is 11.0. The van der Waals surface area contributed by atoms with E-state index in [1.54, 1.807) is 12.3 Å². The lowest BCUT2D eigenvalue weighted by Crippen LogP contribution is -2.03. The van der Waals surface area contributed by atoms with E-state index in [4.69, 9.17) is 5.26 Å². The molecule has 0 saturated carbocycles. The molecule has 5 heteroatoms. The van der Waals surface area contributed by atoms with Crippen molar-refractivity contribution in [3.05, 3.63) is 28.5 Å². The van der Waals surface area contributed by atoms with Gasteiger partial charge < -0.3 is 0 Å². The van der Waals surface area contributed by atoms with Crippen molar-refractivity contribution >= 4 is 32.9 Å². The quantitative estimate of drug-likeness (QED) is 0.733. The molecule has 0 saturated heterocycles. The van der Waals surface area contributed by atoms with Crippen LogP contribution in [0.5, 0.6) is 0 Å². The largest absolute Gasteiger partial charge is 0.274 e. The highest BCUT2D eigenvalue weighted by molar-refractivity contribution is 9.10. The molecule has 0 radical (unpaired) electrons. The smallest absolute Gasteiger partial charge is 0.229 e. The topological polar surface area (TPSA) is 58.7 Å². The summed E-state index contributed by atoms with van der Waals surface area (Å²) in [6, 6.07) is 3.82. The summed E-state index contributed by atoms with van der Waals surface area (Å²) >= 11 is 3.28. The van der Waals surface area contributed by atoms with E-state index in [1.165, 1.54) is 17.7 Å². The van der Waals surface area contributed by atoms with E-state index in [1.807, 2.05) is 6.07 Å². The van der Waals surface area contributed by atoms with Crippen LogP contribution in [0.3, 0.4) is 0 Å². The van der Waals surface area contributed by atoms with E-state index in [0.29, 0.717) is 16.6 Å². The van der Waals surface area contributed by atoms with Crippen LogP contribution in [0, 0.1) is 11.3 Å². The fourth-order valence-electron chi connectivity index (χ4n) is 1.41. The van der Waals surface area contributed by atoms with Crippen LogP contribution >= 0.6 is 15.9 Å². The van der Waals surface area contributed by atoms with Crippen molar-refractivity contribution in [1.82, 2.24) is 9.55 Å². The number of nitrogens with zero attached hydrogens (tertiary/aromatic N) is 3. The average Bonchev–Trinajstić information content (AvgIpc) is 2.55. The Labute approximate surface area is 94.3 Å². The third kappa shape index (κ3) is 1.53. The fourth-order valence-corrected chi connectivity index (χ4v) is 1.74. The summed E-state index contributed by atoms with van der Waals surface area (Å²) in [5.41, 5.74) is 0.969. The third-order valence-electron chi connectivity index (χ3n) is 2.07. The molecule has 0 aliphatic heterocycles. The van der Waals surface area contributed by atoms with Crippen LogP contribution in [0.25, 0.3) is 11.0 Å². The number of aromatic nitrogens is 2. The van der Waals surface area contributed by atoms with E-state index in [0.717, 1.165) is 4.47 Å². The first-order valence-corrected chi connectivity index (χ1v) is 5.00. The van der Waals surface area contributed by atoms with Crippen molar-refractivity contribution in [2.24, 2.45) is 0 Å². The minimum absolute atomic E-state index is 0.156. The van der Waals surface area contributed by atoms with E-state index in [-0.39, 0.29) is 5.91 Å². The standard InChI is InChI=1S/C10H6BrN3O/c1-6(15)14-5-7(3-12)9-2-8(11)4-13-10(9)14/h2,4-5H,1H3. The van der Waals surface area contributed by atoms with Gasteiger partial charge >= 0.3 is 0 Å². The molecular formula is C10H6BrN3O. The van der Waals surface area contributed by atoms with Gasteiger partial charge in [0.2, 0.25) is 5.91 Å². The maximum Gasteiger partial charge on any atom is 0.229 e. The summed E-state index contributed by atoms with van der Waals surface area (Å²) in [7, 11) is 0. The van der Waals surface area contributed by atoms with Gasteiger partial charge in [-0.15, -0.1) is 0 Å². The van der Waals surface area contributed by atoms with E-state index < -0.39 is 0 Å². The molecular weight excluding hydrogens is 258 g/mol. The summed E-state index contributed by atoms with van der Waals surface area (Å²) in [6.45, 7) is 1.43. The van der Waals surface area contributed by atoms with Gasteiger partial charge in [-0.3, -0.25) is 9.36 Å². The van der Waals surface area contributed by atoms with Crippen molar-refractivity contribution in [3.63, 3.8) is 0 Å². The van der Waals surface area contributed by atoms with Crippen LogP contribution in [-0.4, -0.2) is 15.5 Å². The number of carbonyl (C=O) groups is 1. The van der Waals surface area contributed by atoms with Crippen molar-refractivity contribution in [2.75, 3.05) is 0 Å². The second-order valence-electron chi connectivity index (χ2n) is 3.07. The molecule has 0 atom stereocenters. The number of carbonyl (C=O) groups excluding carboxylic acids is 1. The monoisotopic (exact) mass is 263 g/mol. The predicted octanol–water partition coefficient (Wildman–Crippen LogP) is 2.33. The summed E-state index contributed by atoms with van der Waals surface area (Å²) in [4.78, 5) is 15.4. The van der Waals surface area contributed by atoms with Gasteiger partial charge in [0.15, 0.2) is 0 Å². The third-order valence-corrected chi connectivity index (χ3v) is 2.50. The Hall–Kier alpha value is -1.67. The lowest BCUT2D eigenvalue weighted by molar-refractivity contribution is 0.0941. The van der Waals surface area contributed by atoms with Crippen LogP contribution in [0.4, 0.5) is 0 Å². The molecule has 0 aromatic carbocycles. The summed E-state index contributed by atoms with van der Waals surface area (Å²) in [5, 5.41) is 9.59. The molecule has 0 aliphatic carbocycles. The predicted molar refractivity (Wildman–Crippen MR) is 58.4 cm³/mol. The highest BCUT2D eigenvalue weighted by atomic mass is 79.9. The number of rotatable bonds is 0. The Bertz CT molecular complexity index is 594. The number of nitriles is 1. The van der Waals surface area contributed by atoms with Gasteiger partial charge in [0.25, 0.3) is 0 Å². The van der Waals surface area contributed by atoms with Gasteiger partial charge in [0.1, 0.15) is 11.7 Å².